The van der Waals surface area contributed by atoms with Gasteiger partial charge in [-0.15, -0.1) is 0 Å². The van der Waals surface area contributed by atoms with Gasteiger partial charge >= 0.3 is 0 Å². The number of aliphatic hydroxyl groups is 1. The molecule has 1 saturated heterocycles. The number of carbonyl (C=O) groups is 1. The Morgan fingerprint density at radius 1 is 0.878 bits per heavy atom. The molecule has 1 fully saturated rings. The number of aromatic nitrogens is 4. The molecule has 1 aromatic carbocycles. The van der Waals surface area contributed by atoms with Gasteiger partial charge in [-0.2, -0.15) is 0 Å². The van der Waals surface area contributed by atoms with E-state index in [0.717, 1.165) is 28.1 Å². The van der Waals surface area contributed by atoms with E-state index in [2.05, 4.69) is 36.8 Å². The van der Waals surface area contributed by atoms with Gasteiger partial charge in [-0.1, -0.05) is 32.9 Å². The number of amides is 1. The summed E-state index contributed by atoms with van der Waals surface area (Å²) in [6, 6.07) is 14.0. The summed E-state index contributed by atoms with van der Waals surface area (Å²) in [6.07, 6.45) is 6.25. The van der Waals surface area contributed by atoms with Crippen molar-refractivity contribution in [3.63, 3.8) is 0 Å². The summed E-state index contributed by atoms with van der Waals surface area (Å²) in [4.78, 5) is 29.4. The lowest BCUT2D eigenvalue weighted by Crippen LogP contribution is -2.50. The summed E-state index contributed by atoms with van der Waals surface area (Å²) < 4.78 is 15.2. The first-order chi connectivity index (χ1) is 19.3. The molecule has 0 atom stereocenters. The number of hydrogen-bond acceptors (Lipinski definition) is 5. The van der Waals surface area contributed by atoms with Crippen molar-refractivity contribution in [2.45, 2.75) is 63.9 Å². The highest BCUT2D eigenvalue weighted by molar-refractivity contribution is 5.87. The minimum Gasteiger partial charge on any atom is -0.383 e. The van der Waals surface area contributed by atoms with Crippen LogP contribution in [0.3, 0.4) is 0 Å². The molecular formula is C33H38FN5O2. The number of pyridine rings is 2. The van der Waals surface area contributed by atoms with Crippen LogP contribution >= 0.6 is 0 Å². The molecule has 7 nitrogen and oxygen atoms in total. The number of rotatable bonds is 5. The third kappa shape index (κ3) is 5.66. The van der Waals surface area contributed by atoms with Crippen LogP contribution in [0.25, 0.3) is 22.8 Å². The van der Waals surface area contributed by atoms with Crippen molar-refractivity contribution in [2.24, 2.45) is 7.05 Å². The predicted octanol–water partition coefficient (Wildman–Crippen LogP) is 5.77. The van der Waals surface area contributed by atoms with Gasteiger partial charge in [-0.05, 0) is 79.6 Å². The van der Waals surface area contributed by atoms with Gasteiger partial charge in [0.1, 0.15) is 17.1 Å². The summed E-state index contributed by atoms with van der Waals surface area (Å²) in [6.45, 7) is 11.1. The lowest BCUT2D eigenvalue weighted by atomic mass is 9.82. The molecule has 1 aliphatic rings. The van der Waals surface area contributed by atoms with Crippen LogP contribution in [-0.2, 0) is 28.3 Å². The van der Waals surface area contributed by atoms with Crippen molar-refractivity contribution in [3.05, 3.63) is 89.8 Å². The summed E-state index contributed by atoms with van der Waals surface area (Å²) in [5.74, 6) is 0.391. The third-order valence-corrected chi connectivity index (χ3v) is 8.25. The first-order valence-electron chi connectivity index (χ1n) is 14.0. The maximum Gasteiger partial charge on any atom is 0.232 e. The van der Waals surface area contributed by atoms with Crippen LogP contribution in [-0.4, -0.2) is 48.5 Å². The molecule has 0 radical (unpaired) electrons. The molecule has 41 heavy (non-hydrogen) atoms. The van der Waals surface area contributed by atoms with E-state index in [9.17, 15) is 14.3 Å². The lowest BCUT2D eigenvalue weighted by molar-refractivity contribution is -0.141. The molecule has 4 aromatic rings. The maximum atomic E-state index is 13.6. The average Bonchev–Trinajstić information content (AvgIpc) is 3.35. The Bertz CT molecular complexity index is 1530. The van der Waals surface area contributed by atoms with Crippen LogP contribution in [0, 0.1) is 5.82 Å². The van der Waals surface area contributed by atoms with Gasteiger partial charge in [0.25, 0.3) is 0 Å². The number of carbonyl (C=O) groups excluding carboxylic acids is 1. The molecular weight excluding hydrogens is 517 g/mol. The molecule has 1 amide bonds. The molecule has 214 valence electrons. The van der Waals surface area contributed by atoms with E-state index in [1.54, 1.807) is 18.3 Å². The van der Waals surface area contributed by atoms with Crippen LogP contribution < -0.4 is 0 Å². The van der Waals surface area contributed by atoms with Crippen molar-refractivity contribution >= 4 is 5.91 Å². The van der Waals surface area contributed by atoms with E-state index < -0.39 is 11.0 Å². The maximum absolute atomic E-state index is 13.6. The Balaban J connectivity index is 1.27. The standard InChI is InChI=1S/C33H38FN5O2/c1-31(2,3)23-9-14-27(36-19-23)29-37-28(21-38(29)6)33(41)15-17-39(18-16-33)30(40)32(4,5)24-10-13-26(35-20-24)22-7-11-25(34)12-8-22/h7-14,19-21,41H,15-18H2,1-6H3. The zero-order chi connectivity index (χ0) is 29.6. The zero-order valence-electron chi connectivity index (χ0n) is 24.6. The van der Waals surface area contributed by atoms with Gasteiger partial charge in [0.2, 0.25) is 5.91 Å². The predicted molar refractivity (Wildman–Crippen MR) is 158 cm³/mol. The van der Waals surface area contributed by atoms with Crippen molar-refractivity contribution < 1.29 is 14.3 Å². The van der Waals surface area contributed by atoms with Gasteiger partial charge in [-0.3, -0.25) is 14.8 Å². The van der Waals surface area contributed by atoms with Crippen LogP contribution in [0.5, 0.6) is 0 Å². The summed E-state index contributed by atoms with van der Waals surface area (Å²) in [7, 11) is 1.91. The van der Waals surface area contributed by atoms with Gasteiger partial charge in [0.05, 0.1) is 16.8 Å². The summed E-state index contributed by atoms with van der Waals surface area (Å²) >= 11 is 0. The number of halogens is 1. The normalized spacial score (nSPS) is 15.7. The average molecular weight is 556 g/mol. The van der Waals surface area contributed by atoms with E-state index in [1.807, 2.05) is 61.0 Å². The van der Waals surface area contributed by atoms with Crippen LogP contribution in [0.2, 0.25) is 0 Å². The highest BCUT2D eigenvalue weighted by atomic mass is 19.1. The SMILES string of the molecule is Cn1cc(C2(O)CCN(C(=O)C(C)(C)c3ccc(-c4ccc(F)cc4)nc3)CC2)nc1-c1ccc(C(C)(C)C)cn1. The molecule has 4 heterocycles. The highest BCUT2D eigenvalue weighted by Gasteiger charge is 2.41. The van der Waals surface area contributed by atoms with Gasteiger partial charge in [-0.25, -0.2) is 9.37 Å². The fourth-order valence-corrected chi connectivity index (χ4v) is 5.31. The topological polar surface area (TPSA) is 84.1 Å². The van der Waals surface area contributed by atoms with Gasteiger partial charge < -0.3 is 14.6 Å². The Hall–Kier alpha value is -3.91. The highest BCUT2D eigenvalue weighted by Crippen LogP contribution is 2.36. The lowest BCUT2D eigenvalue weighted by Gasteiger charge is -2.40. The number of imidazole rings is 1. The van der Waals surface area contributed by atoms with E-state index in [0.29, 0.717) is 37.4 Å². The molecule has 5 rings (SSSR count). The molecule has 0 aliphatic carbocycles. The van der Waals surface area contributed by atoms with Crippen molar-refractivity contribution in [3.8, 4) is 22.8 Å². The number of aryl methyl sites for hydroxylation is 1. The quantitative estimate of drug-likeness (QED) is 0.338. The first kappa shape index (κ1) is 28.6. The fourth-order valence-electron chi connectivity index (χ4n) is 5.31. The first-order valence-corrected chi connectivity index (χ1v) is 14.0. The molecule has 3 aromatic heterocycles. The van der Waals surface area contributed by atoms with Crippen molar-refractivity contribution in [2.75, 3.05) is 13.1 Å². The second-order valence-corrected chi connectivity index (χ2v) is 12.6. The Morgan fingerprint density at radius 2 is 1.46 bits per heavy atom. The van der Waals surface area contributed by atoms with E-state index in [-0.39, 0.29) is 17.1 Å². The molecule has 0 unspecified atom stereocenters. The van der Waals surface area contributed by atoms with Crippen LogP contribution in [0.1, 0.15) is 64.3 Å². The second-order valence-electron chi connectivity index (χ2n) is 12.6. The smallest absolute Gasteiger partial charge is 0.232 e. The monoisotopic (exact) mass is 555 g/mol. The summed E-state index contributed by atoms with van der Waals surface area (Å²) in [5, 5.41) is 11.6. The van der Waals surface area contributed by atoms with E-state index in [1.165, 1.54) is 12.1 Å². The molecule has 1 N–H and O–H groups in total. The largest absolute Gasteiger partial charge is 0.383 e. The van der Waals surface area contributed by atoms with Crippen molar-refractivity contribution in [1.82, 2.24) is 24.4 Å². The fraction of sp³-hybridized carbons (Fsp3) is 0.394. The minimum atomic E-state index is -1.12. The molecule has 8 heteroatoms. The Kier molecular flexibility index (Phi) is 7.32. The van der Waals surface area contributed by atoms with E-state index >= 15 is 0 Å². The Morgan fingerprint density at radius 3 is 2.02 bits per heavy atom. The Labute approximate surface area is 241 Å². The number of likely N-dealkylation sites (tertiary alicyclic amines) is 1. The van der Waals surface area contributed by atoms with Crippen LogP contribution in [0.4, 0.5) is 4.39 Å². The van der Waals surface area contributed by atoms with E-state index in [4.69, 9.17) is 4.98 Å². The third-order valence-electron chi connectivity index (χ3n) is 8.25. The minimum absolute atomic E-state index is 0.0113. The molecule has 0 saturated carbocycles. The molecule has 1 aliphatic heterocycles. The second kappa shape index (κ2) is 10.5. The van der Waals surface area contributed by atoms with Crippen LogP contribution in [0.15, 0.2) is 67.1 Å². The molecule has 0 spiro atoms. The summed E-state index contributed by atoms with van der Waals surface area (Å²) in [5.41, 5.74) is 2.92. The number of benzene rings is 1. The number of nitrogens with zero attached hydrogens (tertiary/aromatic N) is 5. The van der Waals surface area contributed by atoms with Crippen molar-refractivity contribution in [1.29, 1.82) is 0 Å². The number of piperidine rings is 1. The number of hydrogen-bond donors (Lipinski definition) is 1. The molecule has 0 bridgehead atoms. The van der Waals surface area contributed by atoms with Gasteiger partial charge in [0, 0.05) is 44.3 Å². The zero-order valence-corrected chi connectivity index (χ0v) is 24.6. The van der Waals surface area contributed by atoms with Gasteiger partial charge in [0.15, 0.2) is 5.82 Å².